The summed E-state index contributed by atoms with van der Waals surface area (Å²) in [4.78, 5) is 10.5. The monoisotopic (exact) mass is 212 g/mol. The van der Waals surface area contributed by atoms with Crippen LogP contribution in [-0.2, 0) is 0 Å². The molecule has 0 unspecified atom stereocenters. The molecule has 0 saturated heterocycles. The molecule has 0 heterocycles. The molecule has 15 heavy (non-hydrogen) atoms. The largest absolute Gasteiger partial charge is 0.506 e. The molecule has 0 saturated carbocycles. The standard InChI is InChI=1S/C7H8N2O2.2C2H6/c8-5-2-1-4(7(9)11)3-6(5)10;2*1-2/h1-3,10H,8H2,(H2,9,11);2*1-2H3. The highest BCUT2D eigenvalue weighted by Gasteiger charge is 2.02. The zero-order valence-electron chi connectivity index (χ0n) is 9.74. The first-order valence-corrected chi connectivity index (χ1v) is 4.99. The number of hydrogen-bond donors (Lipinski definition) is 3. The van der Waals surface area contributed by atoms with E-state index in [-0.39, 0.29) is 17.0 Å². The number of carbonyl (C=O) groups excluding carboxylic acids is 1. The predicted octanol–water partition coefficient (Wildman–Crippen LogP) is 2.13. The maximum Gasteiger partial charge on any atom is 0.248 e. The smallest absolute Gasteiger partial charge is 0.248 e. The highest BCUT2D eigenvalue weighted by molar-refractivity contribution is 5.93. The fourth-order valence-corrected chi connectivity index (χ4v) is 0.697. The van der Waals surface area contributed by atoms with Crippen LogP contribution in [0, 0.1) is 0 Å². The normalized spacial score (nSPS) is 7.73. The first-order chi connectivity index (χ1) is 7.11. The van der Waals surface area contributed by atoms with E-state index in [0.717, 1.165) is 0 Å². The van der Waals surface area contributed by atoms with Crippen molar-refractivity contribution in [3.8, 4) is 5.75 Å². The van der Waals surface area contributed by atoms with Crippen molar-refractivity contribution >= 4 is 11.6 Å². The lowest BCUT2D eigenvalue weighted by Gasteiger charge is -1.99. The number of carbonyl (C=O) groups is 1. The van der Waals surface area contributed by atoms with Gasteiger partial charge in [0.1, 0.15) is 5.75 Å². The van der Waals surface area contributed by atoms with Crippen LogP contribution in [0.4, 0.5) is 5.69 Å². The lowest BCUT2D eigenvalue weighted by atomic mass is 10.2. The summed E-state index contributed by atoms with van der Waals surface area (Å²) in [5.41, 5.74) is 10.7. The number of benzene rings is 1. The van der Waals surface area contributed by atoms with E-state index in [2.05, 4.69) is 0 Å². The van der Waals surface area contributed by atoms with Crippen molar-refractivity contribution in [2.24, 2.45) is 5.73 Å². The summed E-state index contributed by atoms with van der Waals surface area (Å²) < 4.78 is 0. The first kappa shape index (κ1) is 15.7. The van der Waals surface area contributed by atoms with Crippen molar-refractivity contribution in [1.82, 2.24) is 0 Å². The number of anilines is 1. The zero-order chi connectivity index (χ0) is 12.4. The van der Waals surface area contributed by atoms with Crippen LogP contribution in [0.5, 0.6) is 5.75 Å². The van der Waals surface area contributed by atoms with Crippen molar-refractivity contribution < 1.29 is 9.90 Å². The van der Waals surface area contributed by atoms with Crippen LogP contribution < -0.4 is 11.5 Å². The number of rotatable bonds is 1. The topological polar surface area (TPSA) is 89.3 Å². The average molecular weight is 212 g/mol. The van der Waals surface area contributed by atoms with Gasteiger partial charge in [0.15, 0.2) is 0 Å². The molecule has 0 fully saturated rings. The molecule has 0 spiro atoms. The van der Waals surface area contributed by atoms with Gasteiger partial charge in [-0.3, -0.25) is 4.79 Å². The molecule has 4 nitrogen and oxygen atoms in total. The molecule has 1 aromatic carbocycles. The second-order valence-corrected chi connectivity index (χ2v) is 2.14. The van der Waals surface area contributed by atoms with Gasteiger partial charge >= 0.3 is 0 Å². The summed E-state index contributed by atoms with van der Waals surface area (Å²) in [6.07, 6.45) is 0. The minimum Gasteiger partial charge on any atom is -0.506 e. The van der Waals surface area contributed by atoms with E-state index in [0.29, 0.717) is 0 Å². The molecule has 0 atom stereocenters. The van der Waals surface area contributed by atoms with Crippen LogP contribution >= 0.6 is 0 Å². The Labute approximate surface area is 90.9 Å². The Hall–Kier alpha value is -1.71. The Morgan fingerprint density at radius 3 is 2.00 bits per heavy atom. The number of phenols is 1. The van der Waals surface area contributed by atoms with Crippen molar-refractivity contribution in [3.63, 3.8) is 0 Å². The van der Waals surface area contributed by atoms with Gasteiger partial charge in [-0.2, -0.15) is 0 Å². The maximum atomic E-state index is 10.5. The lowest BCUT2D eigenvalue weighted by molar-refractivity contribution is 0.1000. The van der Waals surface area contributed by atoms with Gasteiger partial charge in [-0.1, -0.05) is 27.7 Å². The summed E-state index contributed by atoms with van der Waals surface area (Å²) in [6, 6.07) is 4.12. The van der Waals surface area contributed by atoms with Crippen LogP contribution in [0.25, 0.3) is 0 Å². The highest BCUT2D eigenvalue weighted by atomic mass is 16.3. The van der Waals surface area contributed by atoms with E-state index in [9.17, 15) is 4.79 Å². The first-order valence-electron chi connectivity index (χ1n) is 4.99. The quantitative estimate of drug-likeness (QED) is 0.492. The number of nitrogens with two attached hydrogens (primary N) is 2. The molecule has 0 aromatic heterocycles. The third-order valence-corrected chi connectivity index (χ3v) is 1.31. The van der Waals surface area contributed by atoms with E-state index in [1.807, 2.05) is 27.7 Å². The van der Waals surface area contributed by atoms with E-state index in [1.165, 1.54) is 18.2 Å². The molecule has 1 rings (SSSR count). The van der Waals surface area contributed by atoms with Crippen LogP contribution in [0.1, 0.15) is 38.1 Å². The van der Waals surface area contributed by atoms with Crippen LogP contribution in [-0.4, -0.2) is 11.0 Å². The van der Waals surface area contributed by atoms with Crippen molar-refractivity contribution in [2.45, 2.75) is 27.7 Å². The summed E-state index contributed by atoms with van der Waals surface area (Å²) in [5.74, 6) is -0.707. The van der Waals surface area contributed by atoms with Crippen LogP contribution in [0.15, 0.2) is 18.2 Å². The molecule has 5 N–H and O–H groups in total. The number of phenolic OH excluding ortho intramolecular Hbond substituents is 1. The lowest BCUT2D eigenvalue weighted by Crippen LogP contribution is -2.10. The molecule has 0 bridgehead atoms. The van der Waals surface area contributed by atoms with E-state index >= 15 is 0 Å². The molecule has 0 aliphatic heterocycles. The van der Waals surface area contributed by atoms with Crippen molar-refractivity contribution in [3.05, 3.63) is 23.8 Å². The number of hydrogen-bond acceptors (Lipinski definition) is 3. The van der Waals surface area contributed by atoms with Crippen LogP contribution in [0.2, 0.25) is 0 Å². The minimum atomic E-state index is -0.583. The number of primary amides is 1. The summed E-state index contributed by atoms with van der Waals surface area (Å²) in [6.45, 7) is 8.00. The summed E-state index contributed by atoms with van der Waals surface area (Å²) in [5, 5.41) is 9.02. The third-order valence-electron chi connectivity index (χ3n) is 1.31. The SMILES string of the molecule is CC.CC.NC(=O)c1ccc(N)c(O)c1. The third kappa shape index (κ3) is 5.57. The van der Waals surface area contributed by atoms with Gasteiger partial charge in [-0.25, -0.2) is 0 Å². The number of amides is 1. The van der Waals surface area contributed by atoms with Crippen LogP contribution in [0.3, 0.4) is 0 Å². The van der Waals surface area contributed by atoms with Gasteiger partial charge in [0.2, 0.25) is 5.91 Å². The van der Waals surface area contributed by atoms with Gasteiger partial charge in [-0.05, 0) is 18.2 Å². The van der Waals surface area contributed by atoms with Crippen molar-refractivity contribution in [1.29, 1.82) is 0 Å². The Balaban J connectivity index is 0. The molecular weight excluding hydrogens is 192 g/mol. The summed E-state index contributed by atoms with van der Waals surface area (Å²) in [7, 11) is 0. The van der Waals surface area contributed by atoms with Gasteiger partial charge in [0, 0.05) is 5.56 Å². The van der Waals surface area contributed by atoms with Gasteiger partial charge in [0.25, 0.3) is 0 Å². The fraction of sp³-hybridized carbons (Fsp3) is 0.364. The highest BCUT2D eigenvalue weighted by Crippen LogP contribution is 2.19. The summed E-state index contributed by atoms with van der Waals surface area (Å²) >= 11 is 0. The van der Waals surface area contributed by atoms with Gasteiger partial charge in [-0.15, -0.1) is 0 Å². The molecule has 0 aliphatic carbocycles. The Bertz CT molecular complexity index is 299. The second-order valence-electron chi connectivity index (χ2n) is 2.14. The Morgan fingerprint density at radius 1 is 1.20 bits per heavy atom. The Kier molecular flexibility index (Phi) is 9.31. The van der Waals surface area contributed by atoms with Crippen molar-refractivity contribution in [2.75, 3.05) is 5.73 Å². The molecular formula is C11H20N2O2. The predicted molar refractivity (Wildman–Crippen MR) is 63.7 cm³/mol. The molecule has 86 valence electrons. The molecule has 0 radical (unpaired) electrons. The molecule has 1 aromatic rings. The van der Waals surface area contributed by atoms with E-state index in [4.69, 9.17) is 16.6 Å². The number of aromatic hydroxyl groups is 1. The van der Waals surface area contributed by atoms with Gasteiger partial charge in [0.05, 0.1) is 5.69 Å². The van der Waals surface area contributed by atoms with E-state index in [1.54, 1.807) is 0 Å². The molecule has 4 heteroatoms. The number of nitrogen functional groups attached to an aromatic ring is 1. The van der Waals surface area contributed by atoms with E-state index < -0.39 is 5.91 Å². The second kappa shape index (κ2) is 8.87. The Morgan fingerprint density at radius 2 is 1.67 bits per heavy atom. The fourth-order valence-electron chi connectivity index (χ4n) is 0.697. The average Bonchev–Trinajstić information content (AvgIpc) is 2.27. The molecule has 1 amide bonds. The van der Waals surface area contributed by atoms with Gasteiger partial charge < -0.3 is 16.6 Å². The molecule has 0 aliphatic rings. The maximum absolute atomic E-state index is 10.5. The minimum absolute atomic E-state index is 0.124. The zero-order valence-corrected chi connectivity index (χ0v) is 9.74.